The van der Waals surface area contributed by atoms with Crippen LogP contribution in [0.5, 0.6) is 5.75 Å². The van der Waals surface area contributed by atoms with E-state index in [2.05, 4.69) is 15.9 Å². The van der Waals surface area contributed by atoms with Crippen LogP contribution in [0.1, 0.15) is 12.8 Å². The number of ether oxygens (including phenoxy) is 1. The lowest BCUT2D eigenvalue weighted by molar-refractivity contribution is -0.142. The standard InChI is InChI=1S/C10H9BrO4/c11-7-1-3-8(4-2-7)15-10(14)6-5-9(12)13/h1-4H,5-6H2,(H,12,13). The molecule has 0 saturated heterocycles. The summed E-state index contributed by atoms with van der Waals surface area (Å²) in [6, 6.07) is 6.73. The van der Waals surface area contributed by atoms with Gasteiger partial charge in [-0.1, -0.05) is 15.9 Å². The Hall–Kier alpha value is -1.36. The van der Waals surface area contributed by atoms with E-state index in [0.717, 1.165) is 4.47 Å². The minimum Gasteiger partial charge on any atom is -0.481 e. The molecule has 0 spiro atoms. The van der Waals surface area contributed by atoms with Gasteiger partial charge in [0, 0.05) is 4.47 Å². The van der Waals surface area contributed by atoms with Gasteiger partial charge in [-0.2, -0.15) is 0 Å². The average molecular weight is 273 g/mol. The molecule has 4 nitrogen and oxygen atoms in total. The van der Waals surface area contributed by atoms with Crippen molar-refractivity contribution in [1.82, 2.24) is 0 Å². The van der Waals surface area contributed by atoms with E-state index in [1.165, 1.54) is 0 Å². The first kappa shape index (κ1) is 11.7. The third kappa shape index (κ3) is 4.60. The third-order valence-electron chi connectivity index (χ3n) is 1.59. The highest BCUT2D eigenvalue weighted by Gasteiger charge is 2.07. The van der Waals surface area contributed by atoms with Gasteiger partial charge in [-0.05, 0) is 24.3 Å². The predicted octanol–water partition coefficient (Wildman–Crippen LogP) is 2.22. The maximum atomic E-state index is 11.1. The second-order valence-electron chi connectivity index (χ2n) is 2.82. The molecule has 0 atom stereocenters. The molecule has 0 unspecified atom stereocenters. The Labute approximate surface area is 95.0 Å². The Bertz CT molecular complexity index is 358. The van der Waals surface area contributed by atoms with Crippen molar-refractivity contribution in [3.63, 3.8) is 0 Å². The Kier molecular flexibility index (Phi) is 4.30. The van der Waals surface area contributed by atoms with Gasteiger partial charge < -0.3 is 9.84 Å². The molecule has 15 heavy (non-hydrogen) atoms. The molecule has 5 heteroatoms. The minimum atomic E-state index is -1.01. The summed E-state index contributed by atoms with van der Waals surface area (Å²) in [6.07, 6.45) is -0.333. The van der Waals surface area contributed by atoms with Crippen LogP contribution in [-0.2, 0) is 9.59 Å². The molecule has 1 aromatic rings. The van der Waals surface area contributed by atoms with Crippen LogP contribution in [0, 0.1) is 0 Å². The molecule has 0 fully saturated rings. The first-order valence-electron chi connectivity index (χ1n) is 4.26. The summed E-state index contributed by atoms with van der Waals surface area (Å²) in [5.74, 6) is -1.14. The van der Waals surface area contributed by atoms with Crippen molar-refractivity contribution in [3.05, 3.63) is 28.7 Å². The molecule has 0 bridgehead atoms. The van der Waals surface area contributed by atoms with Gasteiger partial charge in [-0.3, -0.25) is 9.59 Å². The summed E-state index contributed by atoms with van der Waals surface area (Å²) >= 11 is 3.24. The zero-order valence-electron chi connectivity index (χ0n) is 7.77. The molecular weight excluding hydrogens is 264 g/mol. The van der Waals surface area contributed by atoms with Crippen molar-refractivity contribution >= 4 is 27.9 Å². The lowest BCUT2D eigenvalue weighted by atomic mass is 10.3. The number of carbonyl (C=O) groups excluding carboxylic acids is 1. The van der Waals surface area contributed by atoms with E-state index < -0.39 is 11.9 Å². The number of carboxylic acid groups (broad SMARTS) is 1. The summed E-state index contributed by atoms with van der Waals surface area (Å²) in [6.45, 7) is 0. The molecule has 1 aromatic carbocycles. The number of halogens is 1. The molecule has 0 aliphatic rings. The van der Waals surface area contributed by atoms with Crippen molar-refractivity contribution in [2.24, 2.45) is 0 Å². The molecule has 1 rings (SSSR count). The Morgan fingerprint density at radius 3 is 2.33 bits per heavy atom. The zero-order valence-corrected chi connectivity index (χ0v) is 9.36. The van der Waals surface area contributed by atoms with Crippen molar-refractivity contribution in [1.29, 1.82) is 0 Å². The number of carboxylic acids is 1. The van der Waals surface area contributed by atoms with Gasteiger partial charge in [0.25, 0.3) is 0 Å². The minimum absolute atomic E-state index is 0.120. The normalized spacial score (nSPS) is 9.67. The van der Waals surface area contributed by atoms with E-state index in [-0.39, 0.29) is 12.8 Å². The Morgan fingerprint density at radius 2 is 1.80 bits per heavy atom. The fraction of sp³-hybridized carbons (Fsp3) is 0.200. The topological polar surface area (TPSA) is 63.6 Å². The van der Waals surface area contributed by atoms with Crippen molar-refractivity contribution in [2.75, 3.05) is 0 Å². The van der Waals surface area contributed by atoms with Crippen LogP contribution in [0.2, 0.25) is 0 Å². The molecular formula is C10H9BrO4. The molecule has 80 valence electrons. The highest BCUT2D eigenvalue weighted by Crippen LogP contribution is 2.16. The highest BCUT2D eigenvalue weighted by molar-refractivity contribution is 9.10. The number of hydrogen-bond donors (Lipinski definition) is 1. The summed E-state index contributed by atoms with van der Waals surface area (Å²) in [4.78, 5) is 21.3. The summed E-state index contributed by atoms with van der Waals surface area (Å²) in [7, 11) is 0. The van der Waals surface area contributed by atoms with Crippen LogP contribution in [0.15, 0.2) is 28.7 Å². The van der Waals surface area contributed by atoms with Crippen molar-refractivity contribution in [3.8, 4) is 5.75 Å². The van der Waals surface area contributed by atoms with Crippen LogP contribution in [0.3, 0.4) is 0 Å². The second-order valence-corrected chi connectivity index (χ2v) is 3.74. The van der Waals surface area contributed by atoms with Gasteiger partial charge in [0.05, 0.1) is 12.8 Å². The molecule has 0 radical (unpaired) electrons. The van der Waals surface area contributed by atoms with E-state index in [0.29, 0.717) is 5.75 Å². The highest BCUT2D eigenvalue weighted by atomic mass is 79.9. The largest absolute Gasteiger partial charge is 0.481 e. The predicted molar refractivity (Wildman–Crippen MR) is 56.6 cm³/mol. The quantitative estimate of drug-likeness (QED) is 0.674. The molecule has 0 heterocycles. The fourth-order valence-corrected chi connectivity index (χ4v) is 1.16. The lowest BCUT2D eigenvalue weighted by Gasteiger charge is -2.02. The number of aliphatic carboxylic acids is 1. The van der Waals surface area contributed by atoms with Gasteiger partial charge in [0.1, 0.15) is 5.75 Å². The number of hydrogen-bond acceptors (Lipinski definition) is 3. The van der Waals surface area contributed by atoms with Crippen LogP contribution in [-0.4, -0.2) is 17.0 Å². The molecule has 0 aliphatic heterocycles. The van der Waals surface area contributed by atoms with Gasteiger partial charge in [-0.25, -0.2) is 0 Å². The fourth-order valence-electron chi connectivity index (χ4n) is 0.894. The van der Waals surface area contributed by atoms with Gasteiger partial charge in [0.15, 0.2) is 0 Å². The number of carbonyl (C=O) groups is 2. The van der Waals surface area contributed by atoms with E-state index in [4.69, 9.17) is 9.84 Å². The first-order chi connectivity index (χ1) is 7.08. The Balaban J connectivity index is 2.44. The summed E-state index contributed by atoms with van der Waals surface area (Å²) in [5.41, 5.74) is 0. The van der Waals surface area contributed by atoms with Crippen LogP contribution < -0.4 is 4.74 Å². The van der Waals surface area contributed by atoms with Crippen molar-refractivity contribution < 1.29 is 19.4 Å². The zero-order chi connectivity index (χ0) is 11.3. The number of benzene rings is 1. The van der Waals surface area contributed by atoms with E-state index in [1.807, 2.05) is 0 Å². The molecule has 0 saturated carbocycles. The van der Waals surface area contributed by atoms with Crippen LogP contribution in [0.25, 0.3) is 0 Å². The lowest BCUT2D eigenvalue weighted by Crippen LogP contribution is -2.10. The Morgan fingerprint density at radius 1 is 1.20 bits per heavy atom. The number of esters is 1. The molecule has 0 aliphatic carbocycles. The summed E-state index contributed by atoms with van der Waals surface area (Å²) < 4.78 is 5.78. The second kappa shape index (κ2) is 5.50. The first-order valence-corrected chi connectivity index (χ1v) is 5.05. The molecule has 1 N–H and O–H groups in total. The monoisotopic (exact) mass is 272 g/mol. The van der Waals surface area contributed by atoms with E-state index in [9.17, 15) is 9.59 Å². The van der Waals surface area contributed by atoms with Crippen LogP contribution in [0.4, 0.5) is 0 Å². The molecule has 0 amide bonds. The molecule has 0 aromatic heterocycles. The third-order valence-corrected chi connectivity index (χ3v) is 2.12. The van der Waals surface area contributed by atoms with Crippen LogP contribution >= 0.6 is 15.9 Å². The van der Waals surface area contributed by atoms with E-state index >= 15 is 0 Å². The number of rotatable bonds is 4. The smallest absolute Gasteiger partial charge is 0.311 e. The van der Waals surface area contributed by atoms with Crippen molar-refractivity contribution in [2.45, 2.75) is 12.8 Å². The van der Waals surface area contributed by atoms with Gasteiger partial charge in [-0.15, -0.1) is 0 Å². The van der Waals surface area contributed by atoms with Gasteiger partial charge in [0.2, 0.25) is 0 Å². The maximum absolute atomic E-state index is 11.1. The SMILES string of the molecule is O=C(O)CCC(=O)Oc1ccc(Br)cc1. The maximum Gasteiger partial charge on any atom is 0.311 e. The average Bonchev–Trinajstić information content (AvgIpc) is 2.19. The van der Waals surface area contributed by atoms with E-state index in [1.54, 1.807) is 24.3 Å². The van der Waals surface area contributed by atoms with Gasteiger partial charge >= 0.3 is 11.9 Å². The summed E-state index contributed by atoms with van der Waals surface area (Å²) in [5, 5.41) is 8.35.